The van der Waals surface area contributed by atoms with Gasteiger partial charge in [-0.3, -0.25) is 0 Å². The standard InChI is InChI=1S/C11H16NO3P/c1-3-14-16(15-4-2)11(12-13)10-8-6-5-7-9-10/h5-9,13H,3-4H2,1-2H3. The first-order valence-electron chi connectivity index (χ1n) is 5.16. The van der Waals surface area contributed by atoms with Crippen LogP contribution in [0.4, 0.5) is 0 Å². The van der Waals surface area contributed by atoms with Crippen molar-refractivity contribution < 1.29 is 14.3 Å². The van der Waals surface area contributed by atoms with Crippen LogP contribution in [0, 0.1) is 0 Å². The molecule has 88 valence electrons. The third-order valence-corrected chi connectivity index (χ3v) is 3.47. The van der Waals surface area contributed by atoms with Crippen molar-refractivity contribution in [2.75, 3.05) is 13.2 Å². The predicted octanol–water partition coefficient (Wildman–Crippen LogP) is 3.21. The van der Waals surface area contributed by atoms with Gasteiger partial charge in [0.2, 0.25) is 8.38 Å². The average Bonchev–Trinajstić information content (AvgIpc) is 2.32. The highest BCUT2D eigenvalue weighted by Gasteiger charge is 2.20. The molecule has 0 aliphatic heterocycles. The van der Waals surface area contributed by atoms with Crippen LogP contribution in [0.5, 0.6) is 0 Å². The van der Waals surface area contributed by atoms with Crippen LogP contribution in [0.3, 0.4) is 0 Å². The first kappa shape index (κ1) is 13.1. The molecule has 1 N–H and O–H groups in total. The van der Waals surface area contributed by atoms with E-state index >= 15 is 0 Å². The number of hydrogen-bond donors (Lipinski definition) is 1. The second-order valence-electron chi connectivity index (χ2n) is 2.88. The summed E-state index contributed by atoms with van der Waals surface area (Å²) in [6.45, 7) is 4.82. The molecule has 0 aromatic heterocycles. The Morgan fingerprint density at radius 2 is 1.75 bits per heavy atom. The fraction of sp³-hybridized carbons (Fsp3) is 0.364. The Kier molecular flexibility index (Phi) is 6.01. The minimum absolute atomic E-state index is 0.458. The number of nitrogens with zero attached hydrogens (tertiary/aromatic N) is 1. The maximum Gasteiger partial charge on any atom is 0.229 e. The third kappa shape index (κ3) is 3.56. The zero-order valence-corrected chi connectivity index (χ0v) is 10.4. The molecule has 0 saturated heterocycles. The smallest absolute Gasteiger partial charge is 0.229 e. The molecule has 0 saturated carbocycles. The molecule has 0 heterocycles. The summed E-state index contributed by atoms with van der Waals surface area (Å²) < 4.78 is 10.9. The van der Waals surface area contributed by atoms with Crippen LogP contribution in [0.25, 0.3) is 0 Å². The Labute approximate surface area is 96.8 Å². The zero-order chi connectivity index (χ0) is 11.8. The molecule has 16 heavy (non-hydrogen) atoms. The topological polar surface area (TPSA) is 51.0 Å². The average molecular weight is 241 g/mol. The SMILES string of the molecule is CCOP(OCC)C(=NO)c1ccccc1. The molecule has 0 radical (unpaired) electrons. The lowest BCUT2D eigenvalue weighted by atomic mass is 10.2. The van der Waals surface area contributed by atoms with Gasteiger partial charge in [0.15, 0.2) is 5.45 Å². The number of rotatable bonds is 6. The second kappa shape index (κ2) is 7.34. The predicted molar refractivity (Wildman–Crippen MR) is 64.9 cm³/mol. The van der Waals surface area contributed by atoms with Crippen molar-refractivity contribution in [2.45, 2.75) is 13.8 Å². The van der Waals surface area contributed by atoms with Gasteiger partial charge in [-0.25, -0.2) is 0 Å². The summed E-state index contributed by atoms with van der Waals surface area (Å²) in [5, 5.41) is 12.3. The van der Waals surface area contributed by atoms with Crippen LogP contribution in [0.1, 0.15) is 19.4 Å². The van der Waals surface area contributed by atoms with E-state index in [0.717, 1.165) is 5.56 Å². The van der Waals surface area contributed by atoms with E-state index in [1.165, 1.54) is 0 Å². The van der Waals surface area contributed by atoms with E-state index in [1.807, 2.05) is 44.2 Å². The Hall–Kier alpha value is -0.960. The minimum atomic E-state index is -1.30. The molecule has 0 fully saturated rings. The first-order valence-corrected chi connectivity index (χ1v) is 6.34. The van der Waals surface area contributed by atoms with Crippen LogP contribution in [-0.2, 0) is 9.05 Å². The monoisotopic (exact) mass is 241 g/mol. The maximum absolute atomic E-state index is 9.05. The van der Waals surface area contributed by atoms with Gasteiger partial charge < -0.3 is 14.3 Å². The van der Waals surface area contributed by atoms with E-state index in [1.54, 1.807) is 0 Å². The van der Waals surface area contributed by atoms with E-state index in [-0.39, 0.29) is 0 Å². The molecule has 0 aliphatic carbocycles. The summed E-state index contributed by atoms with van der Waals surface area (Å²) in [4.78, 5) is 0. The summed E-state index contributed by atoms with van der Waals surface area (Å²) >= 11 is 0. The minimum Gasteiger partial charge on any atom is -0.410 e. The van der Waals surface area contributed by atoms with Gasteiger partial charge in [0.25, 0.3) is 0 Å². The quantitative estimate of drug-likeness (QED) is 0.360. The molecule has 0 unspecified atom stereocenters. The van der Waals surface area contributed by atoms with E-state index in [9.17, 15) is 0 Å². The lowest BCUT2D eigenvalue weighted by molar-refractivity contribution is 0.276. The lowest BCUT2D eigenvalue weighted by Crippen LogP contribution is -2.04. The van der Waals surface area contributed by atoms with Crippen molar-refractivity contribution in [3.8, 4) is 0 Å². The Balaban J connectivity index is 2.87. The molecule has 1 rings (SSSR count). The van der Waals surface area contributed by atoms with Crippen molar-refractivity contribution in [2.24, 2.45) is 5.16 Å². The van der Waals surface area contributed by atoms with Gasteiger partial charge >= 0.3 is 0 Å². The maximum atomic E-state index is 9.05. The van der Waals surface area contributed by atoms with Crippen molar-refractivity contribution in [3.05, 3.63) is 35.9 Å². The highest BCUT2D eigenvalue weighted by Crippen LogP contribution is 2.42. The molecule has 1 aromatic rings. The highest BCUT2D eigenvalue weighted by molar-refractivity contribution is 7.67. The molecular formula is C11H16NO3P. The fourth-order valence-corrected chi connectivity index (χ4v) is 2.40. The van der Waals surface area contributed by atoms with E-state index in [4.69, 9.17) is 14.3 Å². The van der Waals surface area contributed by atoms with Gasteiger partial charge in [-0.15, -0.1) is 0 Å². The lowest BCUT2D eigenvalue weighted by Gasteiger charge is -2.16. The molecule has 4 nitrogen and oxygen atoms in total. The molecular weight excluding hydrogens is 225 g/mol. The molecule has 0 aliphatic rings. The summed E-state index contributed by atoms with van der Waals surface area (Å²) in [6.07, 6.45) is 0. The van der Waals surface area contributed by atoms with Crippen LogP contribution in [-0.4, -0.2) is 23.9 Å². The third-order valence-electron chi connectivity index (χ3n) is 1.79. The Bertz CT molecular complexity index is 323. The van der Waals surface area contributed by atoms with Crippen LogP contribution in [0.15, 0.2) is 35.5 Å². The van der Waals surface area contributed by atoms with Gasteiger partial charge in [0.05, 0.1) is 13.2 Å². The zero-order valence-electron chi connectivity index (χ0n) is 9.46. The van der Waals surface area contributed by atoms with Crippen molar-refractivity contribution in [1.82, 2.24) is 0 Å². The number of benzene rings is 1. The van der Waals surface area contributed by atoms with E-state index < -0.39 is 8.38 Å². The molecule has 0 bridgehead atoms. The van der Waals surface area contributed by atoms with Crippen molar-refractivity contribution in [1.29, 1.82) is 0 Å². The van der Waals surface area contributed by atoms with Crippen LogP contribution >= 0.6 is 8.38 Å². The second-order valence-corrected chi connectivity index (χ2v) is 4.34. The molecule has 0 spiro atoms. The summed E-state index contributed by atoms with van der Waals surface area (Å²) in [7, 11) is -1.30. The first-order chi connectivity index (χ1) is 7.83. The molecule has 0 amide bonds. The summed E-state index contributed by atoms with van der Waals surface area (Å²) in [5.74, 6) is 0. The van der Waals surface area contributed by atoms with Crippen molar-refractivity contribution in [3.63, 3.8) is 0 Å². The van der Waals surface area contributed by atoms with Gasteiger partial charge in [-0.1, -0.05) is 35.5 Å². The molecule has 0 atom stereocenters. The van der Waals surface area contributed by atoms with Gasteiger partial charge in [-0.05, 0) is 13.8 Å². The number of oxime groups is 1. The Morgan fingerprint density at radius 1 is 1.19 bits per heavy atom. The van der Waals surface area contributed by atoms with E-state index in [2.05, 4.69) is 5.16 Å². The van der Waals surface area contributed by atoms with Gasteiger partial charge in [0, 0.05) is 5.56 Å². The highest BCUT2D eigenvalue weighted by atomic mass is 31.2. The number of hydrogen-bond acceptors (Lipinski definition) is 4. The van der Waals surface area contributed by atoms with Crippen LogP contribution in [0.2, 0.25) is 0 Å². The van der Waals surface area contributed by atoms with E-state index in [0.29, 0.717) is 18.7 Å². The van der Waals surface area contributed by atoms with Crippen LogP contribution < -0.4 is 0 Å². The van der Waals surface area contributed by atoms with Gasteiger partial charge in [-0.2, -0.15) is 0 Å². The normalized spacial score (nSPS) is 12.1. The summed E-state index contributed by atoms with van der Waals surface area (Å²) in [5.41, 5.74) is 1.28. The molecule has 1 aromatic carbocycles. The Morgan fingerprint density at radius 3 is 2.19 bits per heavy atom. The fourth-order valence-electron chi connectivity index (χ4n) is 1.18. The largest absolute Gasteiger partial charge is 0.410 e. The summed E-state index contributed by atoms with van der Waals surface area (Å²) in [6, 6.07) is 9.39. The van der Waals surface area contributed by atoms with Gasteiger partial charge in [0.1, 0.15) is 0 Å². The molecule has 5 heteroatoms. The van der Waals surface area contributed by atoms with Crippen molar-refractivity contribution >= 4 is 13.8 Å².